The lowest BCUT2D eigenvalue weighted by Gasteiger charge is -2.09. The number of nitrogens with zero attached hydrogens (tertiary/aromatic N) is 3. The van der Waals surface area contributed by atoms with Gasteiger partial charge < -0.3 is 14.0 Å². The molecule has 0 aliphatic rings. The average Bonchev–Trinajstić information content (AvgIpc) is 3.43. The summed E-state index contributed by atoms with van der Waals surface area (Å²) >= 11 is 1.68. The number of hydrogen-bond donors (Lipinski definition) is 0. The molecule has 7 heteroatoms. The van der Waals surface area contributed by atoms with E-state index < -0.39 is 0 Å². The van der Waals surface area contributed by atoms with Gasteiger partial charge in [0.15, 0.2) is 11.5 Å². The van der Waals surface area contributed by atoms with Crippen LogP contribution in [-0.2, 0) is 6.42 Å². The molecule has 0 bridgehead atoms. The van der Waals surface area contributed by atoms with Gasteiger partial charge in [-0.2, -0.15) is 4.98 Å². The fraction of sp³-hybridized carbons (Fsp3) is 0.190. The third-order valence-corrected chi connectivity index (χ3v) is 5.35. The standard InChI is InChI=1S/C21H19N3O3S/c1-4-18-22-16(12-28-18)13-8-10-14(11-9-13)20-23-21(27-24-20)15-6-5-7-17(25-2)19(15)26-3/h5-12H,4H2,1-3H3. The Hall–Kier alpha value is -3.19. The van der Waals surface area contributed by atoms with E-state index in [9.17, 15) is 0 Å². The van der Waals surface area contributed by atoms with Crippen molar-refractivity contribution in [2.75, 3.05) is 14.2 Å². The quantitative estimate of drug-likeness (QED) is 0.453. The molecule has 0 radical (unpaired) electrons. The van der Waals surface area contributed by atoms with Crippen LogP contribution in [0.15, 0.2) is 52.4 Å². The van der Waals surface area contributed by atoms with Gasteiger partial charge in [0.1, 0.15) is 0 Å². The average molecular weight is 393 g/mol. The molecule has 0 amide bonds. The molecular formula is C21H19N3O3S. The topological polar surface area (TPSA) is 70.3 Å². The van der Waals surface area contributed by atoms with E-state index in [4.69, 9.17) is 14.0 Å². The lowest BCUT2D eigenvalue weighted by atomic mass is 10.1. The van der Waals surface area contributed by atoms with Gasteiger partial charge in [0.25, 0.3) is 5.89 Å². The van der Waals surface area contributed by atoms with Gasteiger partial charge in [0, 0.05) is 16.5 Å². The highest BCUT2D eigenvalue weighted by Crippen LogP contribution is 2.37. The molecule has 142 valence electrons. The number of hydrogen-bond acceptors (Lipinski definition) is 7. The molecule has 0 aliphatic heterocycles. The molecular weight excluding hydrogens is 374 g/mol. The summed E-state index contributed by atoms with van der Waals surface area (Å²) in [4.78, 5) is 9.15. The zero-order valence-corrected chi connectivity index (χ0v) is 16.6. The van der Waals surface area contributed by atoms with Crippen molar-refractivity contribution in [2.24, 2.45) is 0 Å². The fourth-order valence-corrected chi connectivity index (χ4v) is 3.66. The van der Waals surface area contributed by atoms with Crippen molar-refractivity contribution in [1.82, 2.24) is 15.1 Å². The molecule has 0 N–H and O–H groups in total. The van der Waals surface area contributed by atoms with Crippen molar-refractivity contribution in [1.29, 1.82) is 0 Å². The molecule has 0 saturated heterocycles. The molecule has 2 aromatic carbocycles. The molecule has 4 rings (SSSR count). The van der Waals surface area contributed by atoms with Crippen LogP contribution < -0.4 is 9.47 Å². The Morgan fingerprint density at radius 3 is 2.43 bits per heavy atom. The number of thiazole rings is 1. The van der Waals surface area contributed by atoms with Gasteiger partial charge in [-0.3, -0.25) is 0 Å². The van der Waals surface area contributed by atoms with Crippen LogP contribution in [0, 0.1) is 0 Å². The maximum absolute atomic E-state index is 5.47. The number of methoxy groups -OCH3 is 2. The normalized spacial score (nSPS) is 10.8. The molecule has 0 aliphatic carbocycles. The van der Waals surface area contributed by atoms with Crippen LogP contribution in [0.2, 0.25) is 0 Å². The summed E-state index contributed by atoms with van der Waals surface area (Å²) in [5.74, 6) is 2.06. The molecule has 0 fully saturated rings. The summed E-state index contributed by atoms with van der Waals surface area (Å²) < 4.78 is 16.3. The summed E-state index contributed by atoms with van der Waals surface area (Å²) in [6.07, 6.45) is 0.947. The van der Waals surface area contributed by atoms with E-state index >= 15 is 0 Å². The summed E-state index contributed by atoms with van der Waals surface area (Å²) in [5.41, 5.74) is 3.61. The van der Waals surface area contributed by atoms with E-state index in [1.807, 2.05) is 42.5 Å². The Labute approximate surface area is 166 Å². The van der Waals surface area contributed by atoms with Crippen LogP contribution in [0.25, 0.3) is 34.1 Å². The summed E-state index contributed by atoms with van der Waals surface area (Å²) in [5, 5.41) is 7.33. The molecule has 0 saturated carbocycles. The second-order valence-corrected chi connectivity index (χ2v) is 6.96. The predicted molar refractivity (Wildman–Crippen MR) is 109 cm³/mol. The maximum atomic E-state index is 5.47. The van der Waals surface area contributed by atoms with Crippen LogP contribution in [0.1, 0.15) is 11.9 Å². The number of para-hydroxylation sites is 1. The van der Waals surface area contributed by atoms with Crippen molar-refractivity contribution in [3.8, 4) is 45.6 Å². The lowest BCUT2D eigenvalue weighted by Crippen LogP contribution is -1.93. The molecule has 28 heavy (non-hydrogen) atoms. The number of benzene rings is 2. The van der Waals surface area contributed by atoms with Crippen LogP contribution >= 0.6 is 11.3 Å². The first-order valence-corrected chi connectivity index (χ1v) is 9.71. The Morgan fingerprint density at radius 2 is 1.75 bits per heavy atom. The first kappa shape index (κ1) is 18.2. The summed E-state index contributed by atoms with van der Waals surface area (Å²) in [6, 6.07) is 13.5. The number of aryl methyl sites for hydroxylation is 1. The largest absolute Gasteiger partial charge is 0.493 e. The second-order valence-electron chi connectivity index (χ2n) is 6.02. The van der Waals surface area contributed by atoms with Crippen LogP contribution in [-0.4, -0.2) is 29.3 Å². The zero-order chi connectivity index (χ0) is 19.5. The molecule has 0 unspecified atom stereocenters. The molecule has 0 spiro atoms. The Morgan fingerprint density at radius 1 is 0.964 bits per heavy atom. The highest BCUT2D eigenvalue weighted by molar-refractivity contribution is 7.09. The van der Waals surface area contributed by atoms with E-state index in [0.29, 0.717) is 28.8 Å². The Balaban J connectivity index is 1.63. The van der Waals surface area contributed by atoms with Gasteiger partial charge in [-0.25, -0.2) is 4.98 Å². The van der Waals surface area contributed by atoms with E-state index in [0.717, 1.165) is 28.2 Å². The van der Waals surface area contributed by atoms with Crippen molar-refractivity contribution in [3.05, 3.63) is 52.9 Å². The van der Waals surface area contributed by atoms with E-state index in [1.165, 1.54) is 0 Å². The minimum atomic E-state index is 0.377. The van der Waals surface area contributed by atoms with Crippen molar-refractivity contribution in [2.45, 2.75) is 13.3 Å². The van der Waals surface area contributed by atoms with Gasteiger partial charge in [0.2, 0.25) is 5.82 Å². The number of ether oxygens (including phenoxy) is 2. The first-order chi connectivity index (χ1) is 13.7. The van der Waals surface area contributed by atoms with Gasteiger partial charge in [-0.15, -0.1) is 11.3 Å². The van der Waals surface area contributed by atoms with Crippen LogP contribution in [0.4, 0.5) is 0 Å². The highest BCUT2D eigenvalue weighted by atomic mass is 32.1. The zero-order valence-electron chi connectivity index (χ0n) is 15.8. The monoisotopic (exact) mass is 393 g/mol. The van der Waals surface area contributed by atoms with Gasteiger partial charge in [0.05, 0.1) is 30.5 Å². The number of rotatable bonds is 6. The smallest absolute Gasteiger partial charge is 0.262 e. The van der Waals surface area contributed by atoms with Gasteiger partial charge in [-0.1, -0.05) is 42.4 Å². The SMILES string of the molecule is CCc1nc(-c2ccc(-c3noc(-c4cccc(OC)c4OC)n3)cc2)cs1. The van der Waals surface area contributed by atoms with Crippen molar-refractivity contribution < 1.29 is 14.0 Å². The third kappa shape index (κ3) is 3.36. The molecule has 0 atom stereocenters. The van der Waals surface area contributed by atoms with Crippen molar-refractivity contribution in [3.63, 3.8) is 0 Å². The lowest BCUT2D eigenvalue weighted by molar-refractivity contribution is 0.353. The minimum Gasteiger partial charge on any atom is -0.493 e. The third-order valence-electron chi connectivity index (χ3n) is 4.35. The number of aromatic nitrogens is 3. The maximum Gasteiger partial charge on any atom is 0.262 e. The van der Waals surface area contributed by atoms with Crippen LogP contribution in [0.3, 0.4) is 0 Å². The minimum absolute atomic E-state index is 0.377. The first-order valence-electron chi connectivity index (χ1n) is 8.83. The van der Waals surface area contributed by atoms with E-state index in [2.05, 4.69) is 27.4 Å². The molecule has 4 aromatic rings. The van der Waals surface area contributed by atoms with Crippen LogP contribution in [0.5, 0.6) is 11.5 Å². The Kier molecular flexibility index (Phi) is 5.08. The van der Waals surface area contributed by atoms with E-state index in [1.54, 1.807) is 25.6 Å². The molecule has 2 heterocycles. The molecule has 6 nitrogen and oxygen atoms in total. The predicted octanol–water partition coefficient (Wildman–Crippen LogP) is 5.11. The summed E-state index contributed by atoms with van der Waals surface area (Å²) in [6.45, 7) is 2.11. The van der Waals surface area contributed by atoms with Gasteiger partial charge >= 0.3 is 0 Å². The molecule has 2 aromatic heterocycles. The summed E-state index contributed by atoms with van der Waals surface area (Å²) in [7, 11) is 3.17. The van der Waals surface area contributed by atoms with E-state index in [-0.39, 0.29) is 0 Å². The van der Waals surface area contributed by atoms with Gasteiger partial charge in [-0.05, 0) is 18.6 Å². The van der Waals surface area contributed by atoms with Crippen molar-refractivity contribution >= 4 is 11.3 Å². The second kappa shape index (κ2) is 7.82. The Bertz CT molecular complexity index is 1090. The highest BCUT2D eigenvalue weighted by Gasteiger charge is 2.18. The fourth-order valence-electron chi connectivity index (χ4n) is 2.90.